The van der Waals surface area contributed by atoms with Crippen LogP contribution in [0.4, 0.5) is 0 Å². The van der Waals surface area contributed by atoms with Crippen LogP contribution in [0.2, 0.25) is 0 Å². The molecule has 0 radical (unpaired) electrons. The predicted molar refractivity (Wildman–Crippen MR) is 60.9 cm³/mol. The van der Waals surface area contributed by atoms with Crippen LogP contribution >= 0.6 is 0 Å². The summed E-state index contributed by atoms with van der Waals surface area (Å²) in [5.74, 6) is 1.03. The number of fused-ring (bicyclic) bond motifs is 1. The normalized spacial score (nSPS) is 11.1. The van der Waals surface area contributed by atoms with Crippen molar-refractivity contribution in [1.29, 1.82) is 0 Å². The van der Waals surface area contributed by atoms with Crippen molar-refractivity contribution in [2.45, 2.75) is 19.8 Å². The zero-order chi connectivity index (χ0) is 10.7. The van der Waals surface area contributed by atoms with Crippen LogP contribution in [0.25, 0.3) is 11.2 Å². The molecule has 2 heterocycles. The van der Waals surface area contributed by atoms with Gasteiger partial charge in [0.1, 0.15) is 5.82 Å². The lowest BCUT2D eigenvalue weighted by Crippen LogP contribution is -2.08. The number of pyridine rings is 1. The molecule has 2 N–H and O–H groups in total. The minimum Gasteiger partial charge on any atom is -0.340 e. The van der Waals surface area contributed by atoms with Crippen LogP contribution in [0.3, 0.4) is 0 Å². The quantitative estimate of drug-likeness (QED) is 0.740. The van der Waals surface area contributed by atoms with Gasteiger partial charge in [0.2, 0.25) is 0 Å². The van der Waals surface area contributed by atoms with Gasteiger partial charge in [0.05, 0.1) is 5.52 Å². The van der Waals surface area contributed by atoms with Gasteiger partial charge < -0.3 is 10.3 Å². The van der Waals surface area contributed by atoms with Crippen LogP contribution in [-0.2, 0) is 6.42 Å². The van der Waals surface area contributed by atoms with Gasteiger partial charge in [-0.1, -0.05) is 0 Å². The van der Waals surface area contributed by atoms with Crippen molar-refractivity contribution in [2.24, 2.45) is 0 Å². The molecule has 0 aliphatic heterocycles. The van der Waals surface area contributed by atoms with E-state index in [1.54, 1.807) is 6.20 Å². The third-order valence-electron chi connectivity index (χ3n) is 2.49. The van der Waals surface area contributed by atoms with E-state index in [2.05, 4.69) is 27.2 Å². The van der Waals surface area contributed by atoms with Crippen LogP contribution in [0, 0.1) is 6.92 Å². The molecule has 0 spiro atoms. The SMILES string of the molecule is CNCCCc1nc2nccc(C)c2[nH]1. The highest BCUT2D eigenvalue weighted by Crippen LogP contribution is 2.13. The monoisotopic (exact) mass is 204 g/mol. The summed E-state index contributed by atoms with van der Waals surface area (Å²) in [4.78, 5) is 12.0. The maximum absolute atomic E-state index is 4.45. The van der Waals surface area contributed by atoms with Crippen molar-refractivity contribution in [3.8, 4) is 0 Å². The first kappa shape index (κ1) is 10.1. The van der Waals surface area contributed by atoms with Gasteiger partial charge in [-0.2, -0.15) is 0 Å². The van der Waals surface area contributed by atoms with Crippen LogP contribution < -0.4 is 5.32 Å². The maximum Gasteiger partial charge on any atom is 0.177 e. The summed E-state index contributed by atoms with van der Waals surface area (Å²) >= 11 is 0. The van der Waals surface area contributed by atoms with E-state index in [1.165, 1.54) is 5.56 Å². The summed E-state index contributed by atoms with van der Waals surface area (Å²) in [6, 6.07) is 2.00. The van der Waals surface area contributed by atoms with Gasteiger partial charge >= 0.3 is 0 Å². The van der Waals surface area contributed by atoms with E-state index in [-0.39, 0.29) is 0 Å². The lowest BCUT2D eigenvalue weighted by Gasteiger charge is -1.95. The molecule has 0 saturated carbocycles. The largest absolute Gasteiger partial charge is 0.340 e. The Bertz CT molecular complexity index is 447. The number of nitrogens with zero attached hydrogens (tertiary/aromatic N) is 2. The topological polar surface area (TPSA) is 53.6 Å². The molecular weight excluding hydrogens is 188 g/mol. The van der Waals surface area contributed by atoms with Crippen molar-refractivity contribution in [3.63, 3.8) is 0 Å². The molecule has 80 valence electrons. The zero-order valence-corrected chi connectivity index (χ0v) is 9.17. The van der Waals surface area contributed by atoms with E-state index in [0.29, 0.717) is 0 Å². The second-order valence-corrected chi connectivity index (χ2v) is 3.72. The molecule has 15 heavy (non-hydrogen) atoms. The highest BCUT2D eigenvalue weighted by Gasteiger charge is 2.04. The summed E-state index contributed by atoms with van der Waals surface area (Å²) in [6.07, 6.45) is 3.86. The molecule has 2 rings (SSSR count). The number of rotatable bonds is 4. The lowest BCUT2D eigenvalue weighted by molar-refractivity contribution is 0.708. The third kappa shape index (κ3) is 2.15. The first-order valence-electron chi connectivity index (χ1n) is 5.26. The second kappa shape index (κ2) is 4.40. The Morgan fingerprint density at radius 2 is 2.33 bits per heavy atom. The number of hydrogen-bond donors (Lipinski definition) is 2. The molecule has 4 nitrogen and oxygen atoms in total. The molecule has 0 aromatic carbocycles. The second-order valence-electron chi connectivity index (χ2n) is 3.72. The van der Waals surface area contributed by atoms with Gasteiger partial charge in [0.15, 0.2) is 5.65 Å². The Labute approximate surface area is 89.1 Å². The molecule has 0 atom stereocenters. The number of imidazole rings is 1. The Morgan fingerprint density at radius 3 is 3.07 bits per heavy atom. The van der Waals surface area contributed by atoms with E-state index in [1.807, 2.05) is 13.1 Å². The van der Waals surface area contributed by atoms with Crippen molar-refractivity contribution in [2.75, 3.05) is 13.6 Å². The fourth-order valence-electron chi connectivity index (χ4n) is 1.63. The van der Waals surface area contributed by atoms with E-state index in [4.69, 9.17) is 0 Å². The van der Waals surface area contributed by atoms with Crippen molar-refractivity contribution >= 4 is 11.2 Å². The molecule has 0 fully saturated rings. The number of aromatic nitrogens is 3. The third-order valence-corrected chi connectivity index (χ3v) is 2.49. The molecule has 0 bridgehead atoms. The van der Waals surface area contributed by atoms with Crippen LogP contribution in [0.15, 0.2) is 12.3 Å². The fraction of sp³-hybridized carbons (Fsp3) is 0.455. The first-order valence-corrected chi connectivity index (χ1v) is 5.26. The average Bonchev–Trinajstić information content (AvgIpc) is 2.63. The molecule has 0 saturated heterocycles. The minimum absolute atomic E-state index is 0.828. The molecule has 0 aliphatic rings. The van der Waals surface area contributed by atoms with Gasteiger partial charge in [0, 0.05) is 12.6 Å². The highest BCUT2D eigenvalue weighted by atomic mass is 15.0. The smallest absolute Gasteiger partial charge is 0.177 e. The van der Waals surface area contributed by atoms with Gasteiger partial charge in [0.25, 0.3) is 0 Å². The van der Waals surface area contributed by atoms with E-state index >= 15 is 0 Å². The van der Waals surface area contributed by atoms with Crippen molar-refractivity contribution in [1.82, 2.24) is 20.3 Å². The summed E-state index contributed by atoms with van der Waals surface area (Å²) in [5, 5.41) is 3.13. The minimum atomic E-state index is 0.828. The molecule has 4 heteroatoms. The molecule has 0 amide bonds. The predicted octanol–water partition coefficient (Wildman–Crippen LogP) is 1.42. The standard InChI is InChI=1S/C11H16N4/c1-8-5-7-13-11-10(8)14-9(15-11)4-3-6-12-2/h5,7,12H,3-4,6H2,1-2H3,(H,13,14,15). The zero-order valence-electron chi connectivity index (χ0n) is 9.17. The highest BCUT2D eigenvalue weighted by molar-refractivity contribution is 5.74. The summed E-state index contributed by atoms with van der Waals surface area (Å²) in [7, 11) is 1.96. The Hall–Kier alpha value is -1.42. The molecule has 2 aromatic heterocycles. The maximum atomic E-state index is 4.45. The number of nitrogens with one attached hydrogen (secondary N) is 2. The Kier molecular flexibility index (Phi) is 2.97. The number of aryl methyl sites for hydroxylation is 2. The first-order chi connectivity index (χ1) is 7.31. The van der Waals surface area contributed by atoms with Gasteiger partial charge in [-0.25, -0.2) is 9.97 Å². The molecule has 2 aromatic rings. The van der Waals surface area contributed by atoms with E-state index in [0.717, 1.165) is 36.4 Å². The van der Waals surface area contributed by atoms with Gasteiger partial charge in [-0.15, -0.1) is 0 Å². The molecular formula is C11H16N4. The van der Waals surface area contributed by atoms with E-state index in [9.17, 15) is 0 Å². The van der Waals surface area contributed by atoms with Gasteiger partial charge in [-0.05, 0) is 38.6 Å². The Morgan fingerprint density at radius 1 is 1.47 bits per heavy atom. The molecule has 0 unspecified atom stereocenters. The van der Waals surface area contributed by atoms with Crippen LogP contribution in [0.5, 0.6) is 0 Å². The van der Waals surface area contributed by atoms with Crippen molar-refractivity contribution in [3.05, 3.63) is 23.7 Å². The lowest BCUT2D eigenvalue weighted by atomic mass is 10.3. The van der Waals surface area contributed by atoms with Crippen LogP contribution in [0.1, 0.15) is 17.8 Å². The summed E-state index contributed by atoms with van der Waals surface area (Å²) in [5.41, 5.74) is 3.10. The summed E-state index contributed by atoms with van der Waals surface area (Å²) < 4.78 is 0. The fourth-order valence-corrected chi connectivity index (χ4v) is 1.63. The number of hydrogen-bond acceptors (Lipinski definition) is 3. The van der Waals surface area contributed by atoms with Crippen molar-refractivity contribution < 1.29 is 0 Å². The van der Waals surface area contributed by atoms with E-state index < -0.39 is 0 Å². The number of aromatic amines is 1. The summed E-state index contributed by atoms with van der Waals surface area (Å²) in [6.45, 7) is 3.09. The van der Waals surface area contributed by atoms with Crippen LogP contribution in [-0.4, -0.2) is 28.5 Å². The Balaban J connectivity index is 2.20. The molecule has 0 aliphatic carbocycles. The van der Waals surface area contributed by atoms with Gasteiger partial charge in [-0.3, -0.25) is 0 Å². The number of H-pyrrole nitrogens is 1. The average molecular weight is 204 g/mol.